The van der Waals surface area contributed by atoms with E-state index in [2.05, 4.69) is 10.2 Å². The highest BCUT2D eigenvalue weighted by Crippen LogP contribution is 2.24. The molecule has 0 spiro atoms. The number of ether oxygens (including phenoxy) is 2. The van der Waals surface area contributed by atoms with Gasteiger partial charge in [0, 0.05) is 0 Å². The third-order valence-corrected chi connectivity index (χ3v) is 3.87. The fraction of sp³-hybridized carbons (Fsp3) is 0.0909. The van der Waals surface area contributed by atoms with Crippen LogP contribution in [0.3, 0.4) is 0 Å². The quantitative estimate of drug-likeness (QED) is 0.464. The number of hydrogen-bond donors (Lipinski definition) is 0. The standard InChI is InChI=1S/C22H18N2O3/c1-3-7-17(8-4-1)15-21-23-24-22(27-21)16-25-18-11-13-20(14-12-18)26-19-9-5-2-6-10-19/h1-14H,15-16H2. The third-order valence-electron chi connectivity index (χ3n) is 3.87. The summed E-state index contributed by atoms with van der Waals surface area (Å²) in [4.78, 5) is 0. The van der Waals surface area contributed by atoms with Crippen molar-refractivity contribution in [2.24, 2.45) is 0 Å². The number of nitrogens with zero attached hydrogens (tertiary/aromatic N) is 2. The van der Waals surface area contributed by atoms with Gasteiger partial charge in [0.2, 0.25) is 5.89 Å². The summed E-state index contributed by atoms with van der Waals surface area (Å²) in [5.74, 6) is 3.27. The molecule has 0 aliphatic heterocycles. The van der Waals surface area contributed by atoms with Gasteiger partial charge in [0.1, 0.15) is 17.2 Å². The van der Waals surface area contributed by atoms with Crippen molar-refractivity contribution in [1.82, 2.24) is 10.2 Å². The molecule has 1 aromatic heterocycles. The fourth-order valence-electron chi connectivity index (χ4n) is 2.56. The number of rotatable bonds is 7. The predicted octanol–water partition coefficient (Wildman–Crippen LogP) is 5.03. The largest absolute Gasteiger partial charge is 0.484 e. The minimum absolute atomic E-state index is 0.223. The summed E-state index contributed by atoms with van der Waals surface area (Å²) in [5, 5.41) is 8.10. The first-order valence-corrected chi connectivity index (χ1v) is 8.66. The third kappa shape index (κ3) is 4.73. The van der Waals surface area contributed by atoms with Crippen molar-refractivity contribution in [3.63, 3.8) is 0 Å². The van der Waals surface area contributed by atoms with Gasteiger partial charge in [0.15, 0.2) is 6.61 Å². The molecular formula is C22H18N2O3. The Bertz CT molecular complexity index is 967. The minimum atomic E-state index is 0.223. The fourth-order valence-corrected chi connectivity index (χ4v) is 2.56. The van der Waals surface area contributed by atoms with Gasteiger partial charge in [0.25, 0.3) is 5.89 Å². The van der Waals surface area contributed by atoms with E-state index in [1.54, 1.807) is 0 Å². The molecule has 1 heterocycles. The minimum Gasteiger partial charge on any atom is -0.484 e. The second kappa shape index (κ2) is 8.19. The molecule has 134 valence electrons. The Labute approximate surface area is 157 Å². The van der Waals surface area contributed by atoms with Gasteiger partial charge in [-0.1, -0.05) is 48.5 Å². The van der Waals surface area contributed by atoms with Crippen LogP contribution < -0.4 is 9.47 Å². The molecule has 0 fully saturated rings. The maximum Gasteiger partial charge on any atom is 0.253 e. The molecule has 0 atom stereocenters. The average molecular weight is 358 g/mol. The summed E-state index contributed by atoms with van der Waals surface area (Å²) in [5.41, 5.74) is 1.13. The zero-order chi connectivity index (χ0) is 18.3. The first-order chi connectivity index (χ1) is 13.3. The van der Waals surface area contributed by atoms with Crippen LogP contribution in [0.1, 0.15) is 17.3 Å². The Morgan fingerprint density at radius 1 is 0.630 bits per heavy atom. The summed E-state index contributed by atoms with van der Waals surface area (Å²) in [6.07, 6.45) is 0.610. The number of aromatic nitrogens is 2. The highest BCUT2D eigenvalue weighted by atomic mass is 16.5. The molecule has 0 unspecified atom stereocenters. The molecule has 0 saturated heterocycles. The predicted molar refractivity (Wildman–Crippen MR) is 101 cm³/mol. The summed E-state index contributed by atoms with van der Waals surface area (Å²) in [6, 6.07) is 27.1. The Morgan fingerprint density at radius 2 is 1.22 bits per heavy atom. The van der Waals surface area contributed by atoms with Gasteiger partial charge in [0.05, 0.1) is 6.42 Å². The van der Waals surface area contributed by atoms with Gasteiger partial charge in [-0.25, -0.2) is 0 Å². The highest BCUT2D eigenvalue weighted by Gasteiger charge is 2.08. The van der Waals surface area contributed by atoms with Crippen molar-refractivity contribution >= 4 is 0 Å². The van der Waals surface area contributed by atoms with Gasteiger partial charge in [-0.2, -0.15) is 0 Å². The molecule has 0 saturated carbocycles. The monoisotopic (exact) mass is 358 g/mol. The van der Waals surface area contributed by atoms with Gasteiger partial charge in [-0.3, -0.25) is 0 Å². The number of para-hydroxylation sites is 1. The van der Waals surface area contributed by atoms with E-state index in [9.17, 15) is 0 Å². The summed E-state index contributed by atoms with van der Waals surface area (Å²) in [7, 11) is 0. The van der Waals surface area contributed by atoms with Gasteiger partial charge < -0.3 is 13.9 Å². The first-order valence-electron chi connectivity index (χ1n) is 8.66. The molecule has 0 bridgehead atoms. The van der Waals surface area contributed by atoms with E-state index in [0.29, 0.717) is 24.0 Å². The van der Waals surface area contributed by atoms with E-state index in [1.165, 1.54) is 0 Å². The summed E-state index contributed by atoms with van der Waals surface area (Å²) >= 11 is 0. The van der Waals surface area contributed by atoms with Crippen LogP contribution in [0.5, 0.6) is 17.2 Å². The van der Waals surface area contributed by atoms with Crippen LogP contribution in [0.4, 0.5) is 0 Å². The molecule has 3 aromatic carbocycles. The van der Waals surface area contributed by atoms with Crippen molar-refractivity contribution in [1.29, 1.82) is 0 Å². The lowest BCUT2D eigenvalue weighted by Gasteiger charge is -2.07. The van der Waals surface area contributed by atoms with Gasteiger partial charge in [-0.05, 0) is 42.0 Å². The molecule has 0 aliphatic rings. The van der Waals surface area contributed by atoms with E-state index in [1.807, 2.05) is 84.9 Å². The van der Waals surface area contributed by atoms with Crippen LogP contribution in [0.25, 0.3) is 0 Å². The van der Waals surface area contributed by atoms with Crippen LogP contribution in [-0.2, 0) is 13.0 Å². The second-order valence-corrected chi connectivity index (χ2v) is 5.93. The van der Waals surface area contributed by atoms with Gasteiger partial charge >= 0.3 is 0 Å². The zero-order valence-corrected chi connectivity index (χ0v) is 14.6. The molecule has 0 aliphatic carbocycles. The number of hydrogen-bond acceptors (Lipinski definition) is 5. The van der Waals surface area contributed by atoms with Crippen molar-refractivity contribution < 1.29 is 13.9 Å². The smallest absolute Gasteiger partial charge is 0.253 e. The molecule has 27 heavy (non-hydrogen) atoms. The normalized spacial score (nSPS) is 10.5. The van der Waals surface area contributed by atoms with Crippen LogP contribution in [-0.4, -0.2) is 10.2 Å². The van der Waals surface area contributed by atoms with E-state index in [4.69, 9.17) is 13.9 Å². The van der Waals surface area contributed by atoms with Crippen molar-refractivity contribution in [3.8, 4) is 17.2 Å². The van der Waals surface area contributed by atoms with E-state index >= 15 is 0 Å². The van der Waals surface area contributed by atoms with E-state index < -0.39 is 0 Å². The maximum atomic E-state index is 5.76. The molecule has 0 radical (unpaired) electrons. The van der Waals surface area contributed by atoms with E-state index in [0.717, 1.165) is 17.1 Å². The Morgan fingerprint density at radius 3 is 1.96 bits per heavy atom. The Kier molecular flexibility index (Phi) is 5.11. The first kappa shape index (κ1) is 16.8. The molecule has 4 aromatic rings. The van der Waals surface area contributed by atoms with E-state index in [-0.39, 0.29) is 6.61 Å². The Hall–Kier alpha value is -3.60. The lowest BCUT2D eigenvalue weighted by molar-refractivity contribution is 0.259. The van der Waals surface area contributed by atoms with Gasteiger partial charge in [-0.15, -0.1) is 10.2 Å². The molecule has 0 N–H and O–H groups in total. The van der Waals surface area contributed by atoms with Crippen LogP contribution >= 0.6 is 0 Å². The molecule has 5 heteroatoms. The molecule has 0 amide bonds. The van der Waals surface area contributed by atoms with Crippen molar-refractivity contribution in [3.05, 3.63) is 102 Å². The number of benzene rings is 3. The summed E-state index contributed by atoms with van der Waals surface area (Å²) < 4.78 is 17.1. The zero-order valence-electron chi connectivity index (χ0n) is 14.6. The van der Waals surface area contributed by atoms with Crippen molar-refractivity contribution in [2.75, 3.05) is 0 Å². The topological polar surface area (TPSA) is 57.4 Å². The average Bonchev–Trinajstić information content (AvgIpc) is 3.16. The lowest BCUT2D eigenvalue weighted by atomic mass is 10.2. The molecule has 5 nitrogen and oxygen atoms in total. The van der Waals surface area contributed by atoms with Crippen LogP contribution in [0.15, 0.2) is 89.3 Å². The highest BCUT2D eigenvalue weighted by molar-refractivity contribution is 5.35. The SMILES string of the molecule is c1ccc(Cc2nnc(COc3ccc(Oc4ccccc4)cc3)o2)cc1. The lowest BCUT2D eigenvalue weighted by Crippen LogP contribution is -1.95. The Balaban J connectivity index is 1.31. The van der Waals surface area contributed by atoms with Crippen LogP contribution in [0, 0.1) is 0 Å². The van der Waals surface area contributed by atoms with Crippen molar-refractivity contribution in [2.45, 2.75) is 13.0 Å². The van der Waals surface area contributed by atoms with Crippen LogP contribution in [0.2, 0.25) is 0 Å². The molecule has 4 rings (SSSR count). The maximum absolute atomic E-state index is 5.76. The molecular weight excluding hydrogens is 340 g/mol. The summed E-state index contributed by atoms with van der Waals surface area (Å²) in [6.45, 7) is 0.223. The second-order valence-electron chi connectivity index (χ2n) is 5.93.